The van der Waals surface area contributed by atoms with Crippen molar-refractivity contribution < 1.29 is 5.11 Å². The molecular weight excluding hydrogens is 258 g/mol. The van der Waals surface area contributed by atoms with E-state index >= 15 is 0 Å². The van der Waals surface area contributed by atoms with Gasteiger partial charge in [0.2, 0.25) is 0 Å². The Morgan fingerprint density at radius 1 is 1.47 bits per heavy atom. The Kier molecular flexibility index (Phi) is 3.92. The van der Waals surface area contributed by atoms with Crippen molar-refractivity contribution in [1.29, 1.82) is 0 Å². The topological polar surface area (TPSA) is 57.2 Å². The van der Waals surface area contributed by atoms with Crippen LogP contribution in [0.1, 0.15) is 29.8 Å². The molecular formula is C11H18ClN3OS. The van der Waals surface area contributed by atoms with E-state index in [2.05, 4.69) is 15.6 Å². The highest BCUT2D eigenvalue weighted by molar-refractivity contribution is 7.15. The minimum absolute atomic E-state index is 0. The van der Waals surface area contributed by atoms with Crippen molar-refractivity contribution in [1.82, 2.24) is 10.3 Å². The fourth-order valence-corrected chi connectivity index (χ4v) is 3.18. The number of nitrogens with one attached hydrogen (secondary N) is 2. The largest absolute Gasteiger partial charge is 0.388 e. The number of thiazole rings is 1. The molecule has 17 heavy (non-hydrogen) atoms. The highest BCUT2D eigenvalue weighted by Crippen LogP contribution is 2.32. The summed E-state index contributed by atoms with van der Waals surface area (Å²) in [5.41, 5.74) is 0.761. The number of aliphatic hydroxyl groups is 1. The Morgan fingerprint density at radius 3 is 2.94 bits per heavy atom. The van der Waals surface area contributed by atoms with Crippen molar-refractivity contribution in [2.45, 2.75) is 37.8 Å². The van der Waals surface area contributed by atoms with E-state index in [0.29, 0.717) is 6.54 Å². The van der Waals surface area contributed by atoms with Crippen LogP contribution in [0.15, 0.2) is 0 Å². The van der Waals surface area contributed by atoms with Gasteiger partial charge in [-0.25, -0.2) is 4.98 Å². The second-order valence-electron chi connectivity index (χ2n) is 4.75. The molecule has 1 aliphatic carbocycles. The lowest BCUT2D eigenvalue weighted by Gasteiger charge is -2.36. The van der Waals surface area contributed by atoms with Gasteiger partial charge in [0.05, 0.1) is 11.3 Å². The quantitative estimate of drug-likeness (QED) is 0.783. The zero-order valence-corrected chi connectivity index (χ0v) is 11.3. The molecule has 1 aliphatic heterocycles. The number of anilines is 1. The van der Waals surface area contributed by atoms with Crippen LogP contribution in [0, 0.1) is 0 Å². The first kappa shape index (κ1) is 13.1. The maximum Gasteiger partial charge on any atom is 0.183 e. The highest BCUT2D eigenvalue weighted by Gasteiger charge is 2.34. The Bertz CT molecular complexity index is 369. The summed E-state index contributed by atoms with van der Waals surface area (Å²) in [5.74, 6) is 0. The van der Waals surface area contributed by atoms with E-state index in [1.165, 1.54) is 10.6 Å². The van der Waals surface area contributed by atoms with Crippen LogP contribution in [0.3, 0.4) is 0 Å². The summed E-state index contributed by atoms with van der Waals surface area (Å²) in [7, 11) is 0. The van der Waals surface area contributed by atoms with Gasteiger partial charge in [-0.05, 0) is 19.3 Å². The third-order valence-electron chi connectivity index (χ3n) is 3.46. The number of fused-ring (bicyclic) bond motifs is 1. The zero-order chi connectivity index (χ0) is 11.0. The average Bonchev–Trinajstić information content (AvgIpc) is 2.66. The van der Waals surface area contributed by atoms with Crippen LogP contribution in [0.2, 0.25) is 0 Å². The molecule has 3 N–H and O–H groups in total. The predicted octanol–water partition coefficient (Wildman–Crippen LogP) is 1.54. The molecule has 0 atom stereocenters. The first-order valence-corrected chi connectivity index (χ1v) is 6.72. The number of hydrogen-bond acceptors (Lipinski definition) is 5. The molecule has 0 bridgehead atoms. The molecule has 3 rings (SSSR count). The Hall–Kier alpha value is -0.360. The molecule has 0 radical (unpaired) electrons. The van der Waals surface area contributed by atoms with Crippen molar-refractivity contribution in [2.75, 3.05) is 18.4 Å². The van der Waals surface area contributed by atoms with E-state index in [1.807, 2.05) is 0 Å². The molecule has 2 aliphatic rings. The predicted molar refractivity (Wildman–Crippen MR) is 72.1 cm³/mol. The first-order valence-electron chi connectivity index (χ1n) is 5.91. The van der Waals surface area contributed by atoms with Crippen molar-refractivity contribution in [3.63, 3.8) is 0 Å². The lowest BCUT2D eigenvalue weighted by atomic mass is 9.80. The summed E-state index contributed by atoms with van der Waals surface area (Å²) in [6.45, 7) is 2.62. The van der Waals surface area contributed by atoms with Gasteiger partial charge in [-0.15, -0.1) is 23.7 Å². The van der Waals surface area contributed by atoms with Crippen LogP contribution < -0.4 is 10.6 Å². The van der Waals surface area contributed by atoms with Crippen LogP contribution >= 0.6 is 23.7 Å². The van der Waals surface area contributed by atoms with Crippen LogP contribution in [0.4, 0.5) is 5.13 Å². The summed E-state index contributed by atoms with van der Waals surface area (Å²) < 4.78 is 0. The van der Waals surface area contributed by atoms with Crippen LogP contribution in [0.25, 0.3) is 0 Å². The van der Waals surface area contributed by atoms with Gasteiger partial charge in [0.25, 0.3) is 0 Å². The van der Waals surface area contributed by atoms with Crippen molar-refractivity contribution in [2.24, 2.45) is 0 Å². The zero-order valence-electron chi connectivity index (χ0n) is 9.66. The average molecular weight is 276 g/mol. The van der Waals surface area contributed by atoms with E-state index in [1.54, 1.807) is 11.3 Å². The summed E-state index contributed by atoms with van der Waals surface area (Å²) in [6, 6.07) is 0. The molecule has 1 saturated carbocycles. The van der Waals surface area contributed by atoms with E-state index in [-0.39, 0.29) is 12.4 Å². The lowest BCUT2D eigenvalue weighted by Crippen LogP contribution is -2.43. The minimum Gasteiger partial charge on any atom is -0.388 e. The smallest absolute Gasteiger partial charge is 0.183 e. The summed E-state index contributed by atoms with van der Waals surface area (Å²) in [5, 5.41) is 17.6. The molecule has 1 aromatic rings. The summed E-state index contributed by atoms with van der Waals surface area (Å²) >= 11 is 1.71. The van der Waals surface area contributed by atoms with Gasteiger partial charge in [0.1, 0.15) is 0 Å². The first-order chi connectivity index (χ1) is 7.75. The van der Waals surface area contributed by atoms with E-state index < -0.39 is 5.60 Å². The fraction of sp³-hybridized carbons (Fsp3) is 0.727. The number of hydrogen-bond donors (Lipinski definition) is 3. The highest BCUT2D eigenvalue weighted by atomic mass is 35.5. The number of rotatable bonds is 3. The van der Waals surface area contributed by atoms with Gasteiger partial charge >= 0.3 is 0 Å². The van der Waals surface area contributed by atoms with E-state index in [9.17, 15) is 5.11 Å². The standard InChI is InChI=1S/C11H17N3OS.ClH/c15-11(3-1-4-11)7-13-10-14-8-2-5-12-6-9(8)16-10;/h12,15H,1-7H2,(H,13,14);1H. The molecule has 4 nitrogen and oxygen atoms in total. The van der Waals surface area contributed by atoms with Crippen molar-refractivity contribution >= 4 is 28.9 Å². The molecule has 6 heteroatoms. The molecule has 1 fully saturated rings. The maximum absolute atomic E-state index is 9.98. The number of nitrogens with zero attached hydrogens (tertiary/aromatic N) is 1. The number of halogens is 1. The van der Waals surface area contributed by atoms with E-state index in [4.69, 9.17) is 0 Å². The molecule has 1 aromatic heterocycles. The monoisotopic (exact) mass is 275 g/mol. The third kappa shape index (κ3) is 2.73. The SMILES string of the molecule is Cl.OC1(CNc2nc3c(s2)CNCC3)CCC1. The summed E-state index contributed by atoms with van der Waals surface area (Å²) in [4.78, 5) is 5.91. The molecule has 0 aromatic carbocycles. The molecule has 96 valence electrons. The molecule has 0 unspecified atom stereocenters. The molecule has 0 saturated heterocycles. The minimum atomic E-state index is -0.468. The van der Waals surface area contributed by atoms with Gasteiger partial charge in [0.15, 0.2) is 5.13 Å². The van der Waals surface area contributed by atoms with Crippen molar-refractivity contribution in [3.05, 3.63) is 10.6 Å². The molecule has 0 spiro atoms. The normalized spacial score (nSPS) is 21.0. The van der Waals surface area contributed by atoms with Crippen LogP contribution in [-0.4, -0.2) is 28.8 Å². The van der Waals surface area contributed by atoms with Gasteiger partial charge in [-0.2, -0.15) is 0 Å². The van der Waals surface area contributed by atoms with Crippen LogP contribution in [-0.2, 0) is 13.0 Å². The Balaban J connectivity index is 0.00000108. The lowest BCUT2D eigenvalue weighted by molar-refractivity contribution is -0.0202. The van der Waals surface area contributed by atoms with E-state index in [0.717, 1.165) is 43.9 Å². The van der Waals surface area contributed by atoms with Gasteiger partial charge in [-0.3, -0.25) is 0 Å². The summed E-state index contributed by atoms with van der Waals surface area (Å²) in [6.07, 6.45) is 4.02. The van der Waals surface area contributed by atoms with Crippen molar-refractivity contribution in [3.8, 4) is 0 Å². The maximum atomic E-state index is 9.98. The Morgan fingerprint density at radius 2 is 2.29 bits per heavy atom. The van der Waals surface area contributed by atoms with Crippen LogP contribution in [0.5, 0.6) is 0 Å². The Labute approximate surface area is 111 Å². The number of aromatic nitrogens is 1. The second-order valence-corrected chi connectivity index (χ2v) is 5.83. The van der Waals surface area contributed by atoms with Gasteiger partial charge < -0.3 is 15.7 Å². The molecule has 2 heterocycles. The molecule has 0 amide bonds. The fourth-order valence-electron chi connectivity index (χ4n) is 2.20. The third-order valence-corrected chi connectivity index (χ3v) is 4.51. The second kappa shape index (κ2) is 5.10. The van der Waals surface area contributed by atoms with Gasteiger partial charge in [-0.1, -0.05) is 0 Å². The van der Waals surface area contributed by atoms with Gasteiger partial charge in [0, 0.05) is 30.9 Å².